The van der Waals surface area contributed by atoms with Gasteiger partial charge in [0.25, 0.3) is 11.6 Å². The molecule has 9 heteroatoms. The summed E-state index contributed by atoms with van der Waals surface area (Å²) in [6.07, 6.45) is 1.22. The molecule has 1 heterocycles. The zero-order chi connectivity index (χ0) is 16.3. The second-order valence-electron chi connectivity index (χ2n) is 4.39. The monoisotopic (exact) mass is 365 g/mol. The van der Waals surface area contributed by atoms with E-state index in [0.717, 1.165) is 5.69 Å². The minimum atomic E-state index is -0.512. The highest BCUT2D eigenvalue weighted by Gasteiger charge is 2.17. The number of aromatic nitrogens is 2. The fourth-order valence-electron chi connectivity index (χ4n) is 1.70. The Hall–Kier alpha value is -2.55. The maximum Gasteiger partial charge on any atom is 0.293 e. The molecule has 8 nitrogen and oxygen atoms in total. The van der Waals surface area contributed by atoms with Crippen LogP contribution in [0.4, 0.5) is 5.69 Å². The third kappa shape index (κ3) is 3.19. The largest absolute Gasteiger partial charge is 0.293 e. The van der Waals surface area contributed by atoms with Crippen LogP contribution in [0.25, 0.3) is 0 Å². The lowest BCUT2D eigenvalue weighted by molar-refractivity contribution is -0.385. The van der Waals surface area contributed by atoms with E-state index in [-0.39, 0.29) is 11.4 Å². The molecule has 2 aromatic rings. The third-order valence-corrected chi connectivity index (χ3v) is 3.93. The summed E-state index contributed by atoms with van der Waals surface area (Å²) in [5, 5.41) is 18.7. The van der Waals surface area contributed by atoms with Crippen molar-refractivity contribution in [1.82, 2.24) is 15.2 Å². The fraction of sp³-hybridized carbons (Fsp3) is 0.154. The Morgan fingerprint density at radius 3 is 2.77 bits per heavy atom. The van der Waals surface area contributed by atoms with Crippen molar-refractivity contribution >= 4 is 33.7 Å². The number of halogens is 1. The van der Waals surface area contributed by atoms with Gasteiger partial charge < -0.3 is 0 Å². The molecule has 0 saturated carbocycles. The van der Waals surface area contributed by atoms with Crippen LogP contribution in [-0.4, -0.2) is 26.8 Å². The lowest BCUT2D eigenvalue weighted by Crippen LogP contribution is -2.19. The number of hydrazone groups is 1. The molecule has 0 aliphatic carbocycles. The van der Waals surface area contributed by atoms with Crippen molar-refractivity contribution in [2.75, 3.05) is 0 Å². The Labute approximate surface area is 134 Å². The highest BCUT2D eigenvalue weighted by molar-refractivity contribution is 9.10. The molecular weight excluding hydrogens is 354 g/mol. The van der Waals surface area contributed by atoms with Crippen LogP contribution in [0.15, 0.2) is 33.8 Å². The average Bonchev–Trinajstić information content (AvgIpc) is 2.75. The van der Waals surface area contributed by atoms with Gasteiger partial charge in [0.1, 0.15) is 0 Å². The zero-order valence-electron chi connectivity index (χ0n) is 11.8. The van der Waals surface area contributed by atoms with E-state index in [0.29, 0.717) is 10.0 Å². The lowest BCUT2D eigenvalue weighted by Gasteiger charge is -1.98. The maximum atomic E-state index is 12.0. The summed E-state index contributed by atoms with van der Waals surface area (Å²) in [5.41, 5.74) is 3.50. The van der Waals surface area contributed by atoms with Gasteiger partial charge in [-0.1, -0.05) is 12.1 Å². The van der Waals surface area contributed by atoms with E-state index in [1.165, 1.54) is 18.3 Å². The third-order valence-electron chi connectivity index (χ3n) is 2.98. The van der Waals surface area contributed by atoms with Gasteiger partial charge in [-0.15, -0.1) is 0 Å². The Bertz CT molecular complexity index is 769. The number of nitrogens with zero attached hydrogens (tertiary/aromatic N) is 4. The number of nitro groups is 1. The van der Waals surface area contributed by atoms with Crippen molar-refractivity contribution in [3.8, 4) is 0 Å². The molecule has 2 rings (SSSR count). The number of nitro benzene ring substituents is 1. The number of amides is 1. The molecule has 0 bridgehead atoms. The molecular formula is C13H12BrN5O3. The lowest BCUT2D eigenvalue weighted by atomic mass is 10.2. The molecule has 0 aliphatic heterocycles. The van der Waals surface area contributed by atoms with Crippen LogP contribution in [0, 0.1) is 17.0 Å². The van der Waals surface area contributed by atoms with Gasteiger partial charge in [-0.05, 0) is 28.9 Å². The first-order chi connectivity index (χ1) is 10.4. The van der Waals surface area contributed by atoms with Gasteiger partial charge in [0, 0.05) is 13.1 Å². The topological polar surface area (TPSA) is 102 Å². The van der Waals surface area contributed by atoms with Crippen LogP contribution in [0.3, 0.4) is 0 Å². The summed E-state index contributed by atoms with van der Waals surface area (Å²) in [6.45, 7) is 1.81. The second kappa shape index (κ2) is 6.48. The smallest absolute Gasteiger partial charge is 0.271 e. The number of aryl methyl sites for hydroxylation is 1. The molecule has 0 unspecified atom stereocenters. The van der Waals surface area contributed by atoms with E-state index in [4.69, 9.17) is 0 Å². The molecule has 0 saturated heterocycles. The zero-order valence-corrected chi connectivity index (χ0v) is 13.4. The van der Waals surface area contributed by atoms with E-state index >= 15 is 0 Å². The van der Waals surface area contributed by atoms with Crippen LogP contribution < -0.4 is 5.43 Å². The number of para-hydroxylation sites is 1. The number of hydrogen-bond acceptors (Lipinski definition) is 5. The molecule has 114 valence electrons. The predicted molar refractivity (Wildman–Crippen MR) is 83.8 cm³/mol. The van der Waals surface area contributed by atoms with E-state index < -0.39 is 10.8 Å². The number of hydrogen-bond donors (Lipinski definition) is 1. The molecule has 22 heavy (non-hydrogen) atoms. The number of carbonyl (C=O) groups is 1. The number of carbonyl (C=O) groups excluding carboxylic acids is 1. The van der Waals surface area contributed by atoms with Crippen molar-refractivity contribution in [1.29, 1.82) is 0 Å². The first kappa shape index (κ1) is 15.8. The molecule has 0 atom stereocenters. The van der Waals surface area contributed by atoms with Gasteiger partial charge in [0.05, 0.1) is 26.9 Å². The number of benzene rings is 1. The molecule has 1 aromatic carbocycles. The van der Waals surface area contributed by atoms with Crippen molar-refractivity contribution in [2.45, 2.75) is 6.92 Å². The summed E-state index contributed by atoms with van der Waals surface area (Å²) >= 11 is 3.28. The van der Waals surface area contributed by atoms with Crippen molar-refractivity contribution < 1.29 is 9.72 Å². The quantitative estimate of drug-likeness (QED) is 0.509. The van der Waals surface area contributed by atoms with Crippen LogP contribution >= 0.6 is 15.9 Å². The van der Waals surface area contributed by atoms with Crippen molar-refractivity contribution in [2.24, 2.45) is 12.1 Å². The van der Waals surface area contributed by atoms with Crippen LogP contribution in [0.5, 0.6) is 0 Å². The molecule has 0 spiro atoms. The first-order valence-corrected chi connectivity index (χ1v) is 6.97. The van der Waals surface area contributed by atoms with Gasteiger partial charge >= 0.3 is 0 Å². The van der Waals surface area contributed by atoms with Gasteiger partial charge in [-0.2, -0.15) is 10.2 Å². The molecule has 0 fully saturated rings. The standard InChI is InChI=1S/C13H12BrN5O3/c1-8-11(14)12(17-18(8)2)13(20)16-15-7-9-5-3-4-6-10(9)19(21)22/h3-7H,1-2H3,(H,16,20)/b15-7-. The average molecular weight is 366 g/mol. The Balaban J connectivity index is 2.14. The summed E-state index contributed by atoms with van der Waals surface area (Å²) in [7, 11) is 1.72. The van der Waals surface area contributed by atoms with E-state index in [2.05, 4.69) is 31.6 Å². The van der Waals surface area contributed by atoms with Gasteiger partial charge in [-0.3, -0.25) is 19.6 Å². The van der Waals surface area contributed by atoms with Crippen LogP contribution in [0.2, 0.25) is 0 Å². The molecule has 0 aliphatic rings. The Kier molecular flexibility index (Phi) is 4.66. The van der Waals surface area contributed by atoms with Crippen LogP contribution in [0.1, 0.15) is 21.7 Å². The minimum absolute atomic E-state index is 0.0876. The fourth-order valence-corrected chi connectivity index (χ4v) is 2.22. The summed E-state index contributed by atoms with van der Waals surface area (Å²) in [6, 6.07) is 6.10. The number of nitrogens with one attached hydrogen (secondary N) is 1. The summed E-state index contributed by atoms with van der Waals surface area (Å²) in [4.78, 5) is 22.3. The van der Waals surface area contributed by atoms with Gasteiger partial charge in [-0.25, -0.2) is 5.43 Å². The summed E-state index contributed by atoms with van der Waals surface area (Å²) < 4.78 is 2.14. The molecule has 1 aromatic heterocycles. The van der Waals surface area contributed by atoms with Crippen molar-refractivity contribution in [3.63, 3.8) is 0 Å². The normalized spacial score (nSPS) is 10.9. The van der Waals surface area contributed by atoms with Crippen LogP contribution in [-0.2, 0) is 7.05 Å². The molecule has 0 radical (unpaired) electrons. The predicted octanol–water partition coefficient (Wildman–Crippen LogP) is 2.16. The molecule has 1 N–H and O–H groups in total. The van der Waals surface area contributed by atoms with E-state index in [9.17, 15) is 14.9 Å². The van der Waals surface area contributed by atoms with Gasteiger partial charge in [0.15, 0.2) is 5.69 Å². The highest BCUT2D eigenvalue weighted by atomic mass is 79.9. The van der Waals surface area contributed by atoms with E-state index in [1.807, 2.05) is 6.92 Å². The van der Waals surface area contributed by atoms with Gasteiger partial charge in [0.2, 0.25) is 0 Å². The Morgan fingerprint density at radius 2 is 2.18 bits per heavy atom. The second-order valence-corrected chi connectivity index (χ2v) is 5.18. The SMILES string of the molecule is Cc1c(Br)c(C(=O)N/N=C\c2ccccc2[N+](=O)[O-])nn1C. The molecule has 1 amide bonds. The summed E-state index contributed by atoms with van der Waals surface area (Å²) in [5.74, 6) is -0.509. The highest BCUT2D eigenvalue weighted by Crippen LogP contribution is 2.19. The first-order valence-electron chi connectivity index (χ1n) is 6.17. The van der Waals surface area contributed by atoms with Crippen molar-refractivity contribution in [3.05, 3.63) is 55.8 Å². The van der Waals surface area contributed by atoms with E-state index in [1.54, 1.807) is 23.9 Å². The Morgan fingerprint density at radius 1 is 1.50 bits per heavy atom. The minimum Gasteiger partial charge on any atom is -0.271 e. The number of rotatable bonds is 4. The maximum absolute atomic E-state index is 12.0.